The van der Waals surface area contributed by atoms with Crippen LogP contribution in [0.4, 0.5) is 9.18 Å². The zero-order chi connectivity index (χ0) is 13.8. The average molecular weight is 266 g/mol. The first-order chi connectivity index (χ1) is 8.92. The van der Waals surface area contributed by atoms with Gasteiger partial charge in [-0.2, -0.15) is 0 Å². The second kappa shape index (κ2) is 3.90. The van der Waals surface area contributed by atoms with Crippen LogP contribution in [0.2, 0.25) is 0 Å². The molecule has 2 N–H and O–H groups in total. The molecular weight excluding hydrogens is 251 g/mol. The third-order valence-corrected chi connectivity index (χ3v) is 4.36. The number of amides is 1. The maximum absolute atomic E-state index is 13.1. The number of nitrogens with zero attached hydrogens (tertiary/aromatic N) is 2. The first kappa shape index (κ1) is 12.3. The Hall–Kier alpha value is -1.69. The van der Waals surface area contributed by atoms with Crippen LogP contribution >= 0.6 is 0 Å². The number of carboxylic acid groups (broad SMARTS) is 1. The molecule has 3 fully saturated rings. The Balaban J connectivity index is 1.92. The minimum absolute atomic E-state index is 0.138. The maximum Gasteiger partial charge on any atom is 0.408 e. The SMILES string of the molecule is CC12CC(C1)[C@H]([C@@H](O)c1cncc(F)c1)N2C(=O)O. The summed E-state index contributed by atoms with van der Waals surface area (Å²) in [6.07, 6.45) is 1.88. The number of rotatable bonds is 2. The van der Waals surface area contributed by atoms with Gasteiger partial charge >= 0.3 is 6.09 Å². The molecule has 0 spiro atoms. The molecule has 3 heterocycles. The minimum atomic E-state index is -1.03. The predicted octanol–water partition coefficient (Wildman–Crippen LogP) is 1.78. The number of carbonyl (C=O) groups is 1. The van der Waals surface area contributed by atoms with Crippen LogP contribution in [-0.4, -0.2) is 37.8 Å². The van der Waals surface area contributed by atoms with Gasteiger partial charge in [0.25, 0.3) is 0 Å². The number of fused-ring (bicyclic) bond motifs is 1. The molecule has 2 bridgehead atoms. The zero-order valence-corrected chi connectivity index (χ0v) is 10.5. The van der Waals surface area contributed by atoms with Gasteiger partial charge in [-0.05, 0) is 31.7 Å². The molecule has 1 amide bonds. The Labute approximate surface area is 109 Å². The fraction of sp³-hybridized carbons (Fsp3) is 0.538. The smallest absolute Gasteiger partial charge is 0.408 e. The third-order valence-electron chi connectivity index (χ3n) is 4.36. The Morgan fingerprint density at radius 3 is 2.84 bits per heavy atom. The van der Waals surface area contributed by atoms with Crippen LogP contribution < -0.4 is 0 Å². The lowest BCUT2D eigenvalue weighted by Crippen LogP contribution is -2.47. The van der Waals surface area contributed by atoms with Gasteiger partial charge in [0.15, 0.2) is 0 Å². The van der Waals surface area contributed by atoms with Crippen LogP contribution in [-0.2, 0) is 0 Å². The van der Waals surface area contributed by atoms with Crippen LogP contribution in [0.3, 0.4) is 0 Å². The summed E-state index contributed by atoms with van der Waals surface area (Å²) >= 11 is 0. The van der Waals surface area contributed by atoms with Crippen molar-refractivity contribution in [1.82, 2.24) is 9.88 Å². The van der Waals surface area contributed by atoms with Gasteiger partial charge in [0.1, 0.15) is 11.9 Å². The van der Waals surface area contributed by atoms with Gasteiger partial charge in [-0.1, -0.05) is 0 Å². The standard InChI is InChI=1S/C13H15FN2O3/c1-13-3-8(4-13)10(16(13)12(18)19)11(17)7-2-9(14)6-15-5-7/h2,5-6,8,10-11,17H,3-4H2,1H3,(H,18,19)/t8?,10-,11+,13?/m1/s1. The number of aromatic nitrogens is 1. The third kappa shape index (κ3) is 1.70. The van der Waals surface area contributed by atoms with Crippen LogP contribution in [0.15, 0.2) is 18.5 Å². The molecule has 3 aliphatic rings. The van der Waals surface area contributed by atoms with Gasteiger partial charge in [0.2, 0.25) is 0 Å². The molecule has 1 aromatic heterocycles. The Morgan fingerprint density at radius 2 is 2.26 bits per heavy atom. The highest BCUT2D eigenvalue weighted by Gasteiger charge is 2.62. The van der Waals surface area contributed by atoms with E-state index in [0.29, 0.717) is 5.56 Å². The lowest BCUT2D eigenvalue weighted by atomic mass is 9.72. The van der Waals surface area contributed by atoms with E-state index in [2.05, 4.69) is 4.98 Å². The van der Waals surface area contributed by atoms with Crippen molar-refractivity contribution in [2.45, 2.75) is 37.5 Å². The summed E-state index contributed by atoms with van der Waals surface area (Å²) in [5.74, 6) is -0.394. The van der Waals surface area contributed by atoms with Crippen molar-refractivity contribution in [1.29, 1.82) is 0 Å². The van der Waals surface area contributed by atoms with Crippen molar-refractivity contribution < 1.29 is 19.4 Å². The maximum atomic E-state index is 13.1. The Kier molecular flexibility index (Phi) is 2.53. The van der Waals surface area contributed by atoms with Gasteiger partial charge in [-0.15, -0.1) is 0 Å². The van der Waals surface area contributed by atoms with E-state index in [0.717, 1.165) is 19.0 Å². The molecule has 2 aliphatic heterocycles. The molecule has 4 rings (SSSR count). The van der Waals surface area contributed by atoms with E-state index in [4.69, 9.17) is 0 Å². The highest BCUT2D eigenvalue weighted by molar-refractivity contribution is 5.68. The summed E-state index contributed by atoms with van der Waals surface area (Å²) in [6, 6.07) is 0.696. The number of aliphatic hydroxyl groups excluding tert-OH is 1. The van der Waals surface area contributed by atoms with E-state index < -0.39 is 24.1 Å². The van der Waals surface area contributed by atoms with Gasteiger partial charge in [-0.3, -0.25) is 9.88 Å². The van der Waals surface area contributed by atoms with Gasteiger partial charge in [0, 0.05) is 17.3 Å². The summed E-state index contributed by atoms with van der Waals surface area (Å²) in [7, 11) is 0. The predicted molar refractivity (Wildman–Crippen MR) is 63.9 cm³/mol. The zero-order valence-electron chi connectivity index (χ0n) is 10.5. The van der Waals surface area contributed by atoms with E-state index in [-0.39, 0.29) is 11.5 Å². The Bertz CT molecular complexity index is 530. The number of pyridine rings is 1. The fourth-order valence-electron chi connectivity index (χ4n) is 3.62. The van der Waals surface area contributed by atoms with Crippen LogP contribution in [0.5, 0.6) is 0 Å². The van der Waals surface area contributed by atoms with Crippen LogP contribution in [0.1, 0.15) is 31.4 Å². The van der Waals surface area contributed by atoms with Crippen LogP contribution in [0.25, 0.3) is 0 Å². The first-order valence-electron chi connectivity index (χ1n) is 6.23. The molecule has 0 unspecified atom stereocenters. The molecule has 1 aliphatic carbocycles. The lowest BCUT2D eigenvalue weighted by molar-refractivity contribution is 0.0512. The minimum Gasteiger partial charge on any atom is -0.465 e. The molecule has 102 valence electrons. The summed E-state index contributed by atoms with van der Waals surface area (Å²) in [5, 5.41) is 19.7. The molecule has 19 heavy (non-hydrogen) atoms. The number of hydrogen-bond donors (Lipinski definition) is 2. The summed E-state index contributed by atoms with van der Waals surface area (Å²) in [4.78, 5) is 16.4. The molecule has 5 nitrogen and oxygen atoms in total. The second-order valence-electron chi connectivity index (χ2n) is 5.69. The molecule has 0 aromatic carbocycles. The van der Waals surface area contributed by atoms with Crippen molar-refractivity contribution in [3.63, 3.8) is 0 Å². The monoisotopic (exact) mass is 266 g/mol. The largest absolute Gasteiger partial charge is 0.465 e. The van der Waals surface area contributed by atoms with E-state index in [1.54, 1.807) is 0 Å². The van der Waals surface area contributed by atoms with E-state index >= 15 is 0 Å². The van der Waals surface area contributed by atoms with E-state index in [1.807, 2.05) is 6.92 Å². The van der Waals surface area contributed by atoms with Gasteiger partial charge in [-0.25, -0.2) is 9.18 Å². The summed E-state index contributed by atoms with van der Waals surface area (Å²) < 4.78 is 13.1. The van der Waals surface area contributed by atoms with Crippen molar-refractivity contribution in [3.05, 3.63) is 29.8 Å². The molecule has 1 aromatic rings. The molecule has 2 atom stereocenters. The number of aliphatic hydroxyl groups is 1. The van der Waals surface area contributed by atoms with Crippen molar-refractivity contribution in [3.8, 4) is 0 Å². The second-order valence-corrected chi connectivity index (χ2v) is 5.69. The Morgan fingerprint density at radius 1 is 1.58 bits per heavy atom. The first-order valence-corrected chi connectivity index (χ1v) is 6.23. The van der Waals surface area contributed by atoms with Crippen molar-refractivity contribution in [2.75, 3.05) is 0 Å². The number of halogens is 1. The van der Waals surface area contributed by atoms with E-state index in [9.17, 15) is 19.4 Å². The molecule has 0 radical (unpaired) electrons. The molecule has 6 heteroatoms. The van der Waals surface area contributed by atoms with Crippen LogP contribution in [0, 0.1) is 11.7 Å². The molecule has 2 saturated heterocycles. The summed E-state index contributed by atoms with van der Waals surface area (Å²) in [5.41, 5.74) is -0.0597. The topological polar surface area (TPSA) is 73.7 Å². The average Bonchev–Trinajstić information content (AvgIpc) is 2.76. The van der Waals surface area contributed by atoms with Crippen molar-refractivity contribution in [2.24, 2.45) is 5.92 Å². The van der Waals surface area contributed by atoms with E-state index in [1.165, 1.54) is 17.2 Å². The summed E-state index contributed by atoms with van der Waals surface area (Å²) in [6.45, 7) is 1.88. The number of hydrogen-bond acceptors (Lipinski definition) is 3. The highest BCUT2D eigenvalue weighted by atomic mass is 19.1. The molecule has 1 saturated carbocycles. The van der Waals surface area contributed by atoms with Gasteiger partial charge < -0.3 is 10.2 Å². The quantitative estimate of drug-likeness (QED) is 0.855. The lowest BCUT2D eigenvalue weighted by Gasteiger charge is -2.37. The highest BCUT2D eigenvalue weighted by Crippen LogP contribution is 2.57. The van der Waals surface area contributed by atoms with Crippen molar-refractivity contribution >= 4 is 6.09 Å². The van der Waals surface area contributed by atoms with Gasteiger partial charge in [0.05, 0.1) is 12.2 Å². The normalized spacial score (nSPS) is 33.9. The molecular formula is C13H15FN2O3. The fourth-order valence-corrected chi connectivity index (χ4v) is 3.62.